The summed E-state index contributed by atoms with van der Waals surface area (Å²) in [5.41, 5.74) is 2.56. The highest BCUT2D eigenvalue weighted by atomic mass is 19.4. The summed E-state index contributed by atoms with van der Waals surface area (Å²) in [6, 6.07) is 3.80. The van der Waals surface area contributed by atoms with E-state index in [9.17, 15) is 22.7 Å². The summed E-state index contributed by atoms with van der Waals surface area (Å²) in [5, 5.41) is 13.4. The maximum atomic E-state index is 13.6. The van der Waals surface area contributed by atoms with E-state index >= 15 is 0 Å². The van der Waals surface area contributed by atoms with Crippen molar-refractivity contribution >= 4 is 6.29 Å². The molecule has 1 heterocycles. The standard InChI is InChI=1S/C16H20FNO.C2HF3O/c17-13-7-10-8-14-11-3-1-2-4-16(11,5-6-18-14)12(10)9-15(13)19;3-2(4,5)1-6/h7,9,11,14,18-19H,1-6,8H2;1H/t11-,14+,16+;/m1./s1. The van der Waals surface area contributed by atoms with Crippen LogP contribution in [-0.2, 0) is 16.6 Å². The smallest absolute Gasteiger partial charge is 0.446 e. The van der Waals surface area contributed by atoms with Gasteiger partial charge in [-0.2, -0.15) is 13.2 Å². The number of aromatic hydroxyl groups is 1. The SMILES string of the molecule is O=CC(F)(F)F.Oc1cc2c(cc1F)C[C@@H]1NCC[C@]23CCCC[C@H]13. The molecule has 0 radical (unpaired) electrons. The molecule has 4 rings (SSSR count). The van der Waals surface area contributed by atoms with Gasteiger partial charge in [0.05, 0.1) is 0 Å². The lowest BCUT2D eigenvalue weighted by Gasteiger charge is -2.56. The van der Waals surface area contributed by atoms with Crippen LogP contribution >= 0.6 is 0 Å². The molecule has 1 saturated carbocycles. The van der Waals surface area contributed by atoms with Crippen LogP contribution in [0, 0.1) is 11.7 Å². The van der Waals surface area contributed by atoms with Gasteiger partial charge in [0.25, 0.3) is 0 Å². The van der Waals surface area contributed by atoms with E-state index in [1.165, 1.54) is 31.2 Å². The molecule has 2 N–H and O–H groups in total. The van der Waals surface area contributed by atoms with Gasteiger partial charge in [0.2, 0.25) is 6.29 Å². The summed E-state index contributed by atoms with van der Waals surface area (Å²) < 4.78 is 44.9. The Labute approximate surface area is 143 Å². The molecule has 1 aliphatic heterocycles. The fourth-order valence-corrected chi connectivity index (χ4v) is 4.94. The minimum atomic E-state index is -4.64. The molecule has 0 unspecified atom stereocenters. The van der Waals surface area contributed by atoms with Crippen LogP contribution in [0.15, 0.2) is 12.1 Å². The van der Waals surface area contributed by atoms with Crippen molar-refractivity contribution in [2.45, 2.75) is 56.2 Å². The number of rotatable bonds is 0. The molecule has 138 valence electrons. The summed E-state index contributed by atoms with van der Waals surface area (Å²) in [6.45, 7) is 1.05. The monoisotopic (exact) mass is 359 g/mol. The minimum absolute atomic E-state index is 0.172. The number of aldehydes is 1. The first kappa shape index (κ1) is 18.2. The van der Waals surface area contributed by atoms with Crippen LogP contribution in [-0.4, -0.2) is 30.2 Å². The number of carbonyl (C=O) groups excluding carboxylic acids is 1. The number of alkyl halides is 3. The van der Waals surface area contributed by atoms with E-state index in [1.807, 2.05) is 0 Å². The average Bonchev–Trinajstić information content (AvgIpc) is 2.57. The molecule has 0 spiro atoms. The molecular weight excluding hydrogens is 338 g/mol. The van der Waals surface area contributed by atoms with E-state index in [0.29, 0.717) is 12.0 Å². The number of phenols is 1. The van der Waals surface area contributed by atoms with E-state index in [0.717, 1.165) is 24.9 Å². The van der Waals surface area contributed by atoms with Crippen molar-refractivity contribution in [1.29, 1.82) is 0 Å². The number of fused-ring (bicyclic) bond motifs is 1. The van der Waals surface area contributed by atoms with Gasteiger partial charge in [0, 0.05) is 11.5 Å². The third-order valence-corrected chi connectivity index (χ3v) is 5.84. The summed E-state index contributed by atoms with van der Waals surface area (Å²) in [6.07, 6.45) is 1.40. The normalized spacial score (nSPS) is 30.4. The van der Waals surface area contributed by atoms with Crippen molar-refractivity contribution in [2.24, 2.45) is 5.92 Å². The zero-order valence-corrected chi connectivity index (χ0v) is 13.7. The van der Waals surface area contributed by atoms with Crippen molar-refractivity contribution in [3.8, 4) is 5.75 Å². The number of hydrogen-bond acceptors (Lipinski definition) is 3. The van der Waals surface area contributed by atoms with Crippen molar-refractivity contribution in [3.63, 3.8) is 0 Å². The number of carbonyl (C=O) groups is 1. The van der Waals surface area contributed by atoms with E-state index in [2.05, 4.69) is 5.32 Å². The average molecular weight is 359 g/mol. The molecule has 3 aliphatic rings. The zero-order chi connectivity index (χ0) is 18.2. The molecule has 7 heteroatoms. The highest BCUT2D eigenvalue weighted by Crippen LogP contribution is 2.54. The molecule has 3 atom stereocenters. The van der Waals surface area contributed by atoms with E-state index < -0.39 is 18.3 Å². The predicted octanol–water partition coefficient (Wildman–Crippen LogP) is 3.62. The maximum absolute atomic E-state index is 13.6. The summed E-state index contributed by atoms with van der Waals surface area (Å²) in [5.74, 6) is 0.0317. The lowest BCUT2D eigenvalue weighted by Crippen LogP contribution is -2.59. The van der Waals surface area contributed by atoms with Crippen LogP contribution in [0.4, 0.5) is 17.6 Å². The Hall–Kier alpha value is -1.63. The van der Waals surface area contributed by atoms with E-state index in [4.69, 9.17) is 4.79 Å². The Morgan fingerprint density at radius 2 is 1.96 bits per heavy atom. The highest BCUT2D eigenvalue weighted by molar-refractivity contribution is 5.56. The number of nitrogens with one attached hydrogen (secondary N) is 1. The third kappa shape index (κ3) is 3.38. The van der Waals surface area contributed by atoms with Crippen molar-refractivity contribution < 1.29 is 27.5 Å². The molecule has 2 aliphatic carbocycles. The van der Waals surface area contributed by atoms with Gasteiger partial charge in [-0.3, -0.25) is 4.79 Å². The molecule has 2 bridgehead atoms. The summed E-state index contributed by atoms with van der Waals surface area (Å²) >= 11 is 0. The molecule has 0 aromatic heterocycles. The van der Waals surface area contributed by atoms with E-state index in [-0.39, 0.29) is 11.2 Å². The van der Waals surface area contributed by atoms with Crippen LogP contribution in [0.25, 0.3) is 0 Å². The molecule has 3 nitrogen and oxygen atoms in total. The van der Waals surface area contributed by atoms with Gasteiger partial charge >= 0.3 is 6.18 Å². The molecule has 1 saturated heterocycles. The summed E-state index contributed by atoms with van der Waals surface area (Å²) in [7, 11) is 0. The lowest BCUT2D eigenvalue weighted by atomic mass is 9.53. The van der Waals surface area contributed by atoms with Crippen LogP contribution in [0.1, 0.15) is 43.2 Å². The van der Waals surface area contributed by atoms with Crippen LogP contribution in [0.5, 0.6) is 5.75 Å². The van der Waals surface area contributed by atoms with Crippen molar-refractivity contribution in [1.82, 2.24) is 5.32 Å². The fourth-order valence-electron chi connectivity index (χ4n) is 4.94. The van der Waals surface area contributed by atoms with Gasteiger partial charge in [0.15, 0.2) is 11.6 Å². The van der Waals surface area contributed by atoms with Crippen molar-refractivity contribution in [2.75, 3.05) is 6.54 Å². The van der Waals surface area contributed by atoms with Gasteiger partial charge < -0.3 is 10.4 Å². The van der Waals surface area contributed by atoms with Crippen LogP contribution in [0.2, 0.25) is 0 Å². The second-order valence-corrected chi connectivity index (χ2v) is 7.14. The highest BCUT2D eigenvalue weighted by Gasteiger charge is 2.51. The van der Waals surface area contributed by atoms with Gasteiger partial charge in [0.1, 0.15) is 0 Å². The quantitative estimate of drug-likeness (QED) is 0.549. The predicted molar refractivity (Wildman–Crippen MR) is 83.9 cm³/mol. The molecular formula is C18H21F4NO2. The Morgan fingerprint density at radius 3 is 2.64 bits per heavy atom. The number of piperidine rings is 1. The van der Waals surface area contributed by atoms with Crippen LogP contribution < -0.4 is 5.32 Å². The van der Waals surface area contributed by atoms with Crippen LogP contribution in [0.3, 0.4) is 0 Å². The zero-order valence-electron chi connectivity index (χ0n) is 13.7. The van der Waals surface area contributed by atoms with E-state index in [1.54, 1.807) is 12.1 Å². The van der Waals surface area contributed by atoms with Gasteiger partial charge in [-0.05, 0) is 61.4 Å². The van der Waals surface area contributed by atoms with Crippen molar-refractivity contribution in [3.05, 3.63) is 29.1 Å². The number of phenolic OH excluding ortho intramolecular Hbond substituents is 1. The molecule has 0 amide bonds. The first-order valence-corrected chi connectivity index (χ1v) is 8.55. The third-order valence-electron chi connectivity index (χ3n) is 5.84. The van der Waals surface area contributed by atoms with Gasteiger partial charge in [-0.25, -0.2) is 4.39 Å². The number of hydrogen-bond donors (Lipinski definition) is 2. The topological polar surface area (TPSA) is 49.3 Å². The fraction of sp³-hybridized carbons (Fsp3) is 0.611. The Kier molecular flexibility index (Phi) is 4.79. The molecule has 25 heavy (non-hydrogen) atoms. The number of benzene rings is 1. The minimum Gasteiger partial charge on any atom is -0.505 e. The Morgan fingerprint density at radius 1 is 1.24 bits per heavy atom. The molecule has 1 aromatic rings. The van der Waals surface area contributed by atoms with Gasteiger partial charge in [-0.15, -0.1) is 0 Å². The first-order valence-electron chi connectivity index (χ1n) is 8.55. The maximum Gasteiger partial charge on any atom is 0.446 e. The second-order valence-electron chi connectivity index (χ2n) is 7.14. The molecule has 2 fully saturated rings. The summed E-state index contributed by atoms with van der Waals surface area (Å²) in [4.78, 5) is 8.70. The largest absolute Gasteiger partial charge is 0.505 e. The second kappa shape index (κ2) is 6.59. The lowest BCUT2D eigenvalue weighted by molar-refractivity contribution is -0.156. The number of halogens is 4. The van der Waals surface area contributed by atoms with Gasteiger partial charge in [-0.1, -0.05) is 12.8 Å². The first-order chi connectivity index (χ1) is 11.8. The molecule has 1 aromatic carbocycles. The Bertz CT molecular complexity index is 657. The Balaban J connectivity index is 0.000000265.